The van der Waals surface area contributed by atoms with Crippen molar-refractivity contribution >= 4 is 17.5 Å². The van der Waals surface area contributed by atoms with Crippen molar-refractivity contribution in [3.8, 4) is 17.0 Å². The van der Waals surface area contributed by atoms with Crippen molar-refractivity contribution in [3.63, 3.8) is 0 Å². The van der Waals surface area contributed by atoms with E-state index >= 15 is 0 Å². The van der Waals surface area contributed by atoms with Crippen molar-refractivity contribution in [1.82, 2.24) is 20.4 Å². The highest BCUT2D eigenvalue weighted by atomic mass is 35.5. The van der Waals surface area contributed by atoms with Gasteiger partial charge >= 0.3 is 0 Å². The van der Waals surface area contributed by atoms with Crippen LogP contribution >= 0.6 is 11.6 Å². The van der Waals surface area contributed by atoms with Crippen LogP contribution in [-0.4, -0.2) is 35.3 Å². The summed E-state index contributed by atoms with van der Waals surface area (Å²) in [6.07, 6.45) is 9.57. The van der Waals surface area contributed by atoms with Gasteiger partial charge in [-0.3, -0.25) is 9.48 Å². The largest absolute Gasteiger partial charge is 0.488 e. The van der Waals surface area contributed by atoms with Gasteiger partial charge < -0.3 is 15.4 Å². The van der Waals surface area contributed by atoms with E-state index in [0.29, 0.717) is 18.2 Å². The van der Waals surface area contributed by atoms with Crippen LogP contribution in [0.4, 0.5) is 0 Å². The first kappa shape index (κ1) is 20.2. The van der Waals surface area contributed by atoms with E-state index in [4.69, 9.17) is 16.3 Å². The molecule has 0 saturated heterocycles. The van der Waals surface area contributed by atoms with Gasteiger partial charge in [-0.15, -0.1) is 0 Å². The van der Waals surface area contributed by atoms with Crippen LogP contribution in [0, 0.1) is 5.92 Å². The van der Waals surface area contributed by atoms with Crippen molar-refractivity contribution in [2.45, 2.75) is 51.7 Å². The third kappa shape index (κ3) is 5.11. The zero-order chi connectivity index (χ0) is 20.1. The van der Waals surface area contributed by atoms with Crippen LogP contribution < -0.4 is 15.4 Å². The fourth-order valence-electron chi connectivity index (χ4n) is 4.26. The van der Waals surface area contributed by atoms with Gasteiger partial charge in [0, 0.05) is 22.7 Å². The van der Waals surface area contributed by atoms with Crippen LogP contribution in [0.25, 0.3) is 11.3 Å². The fraction of sp³-hybridized carbons (Fsp3) is 0.545. The van der Waals surface area contributed by atoms with Gasteiger partial charge in [-0.25, -0.2) is 0 Å². The van der Waals surface area contributed by atoms with E-state index in [-0.39, 0.29) is 12.5 Å². The lowest BCUT2D eigenvalue weighted by molar-refractivity contribution is -0.121. The predicted octanol–water partition coefficient (Wildman–Crippen LogP) is 3.77. The number of ether oxygens (including phenoxy) is 1. The average molecular weight is 417 g/mol. The number of carbonyl (C=O) groups excluding carboxylic acids is 1. The Balaban J connectivity index is 1.23. The second-order valence-electron chi connectivity index (χ2n) is 8.02. The highest BCUT2D eigenvalue weighted by molar-refractivity contribution is 6.31. The predicted molar refractivity (Wildman–Crippen MR) is 114 cm³/mol. The topological polar surface area (TPSA) is 68.2 Å². The molecule has 2 heterocycles. The maximum Gasteiger partial charge on any atom is 0.241 e. The number of rotatable bonds is 8. The molecule has 0 bridgehead atoms. The van der Waals surface area contributed by atoms with E-state index in [9.17, 15) is 4.79 Å². The number of amides is 1. The Morgan fingerprint density at radius 2 is 2.10 bits per heavy atom. The van der Waals surface area contributed by atoms with Gasteiger partial charge in [-0.2, -0.15) is 5.10 Å². The lowest BCUT2D eigenvalue weighted by Crippen LogP contribution is -2.32. The Kier molecular flexibility index (Phi) is 6.72. The summed E-state index contributed by atoms with van der Waals surface area (Å²) in [6.45, 7) is 3.37. The van der Waals surface area contributed by atoms with Gasteiger partial charge in [0.1, 0.15) is 18.9 Å². The van der Waals surface area contributed by atoms with E-state index in [1.807, 2.05) is 12.1 Å². The summed E-state index contributed by atoms with van der Waals surface area (Å²) in [5, 5.41) is 11.6. The molecule has 1 aromatic heterocycles. The summed E-state index contributed by atoms with van der Waals surface area (Å²) in [4.78, 5) is 12.4. The van der Waals surface area contributed by atoms with Crippen LogP contribution in [-0.2, 0) is 17.9 Å². The van der Waals surface area contributed by atoms with Crippen molar-refractivity contribution in [3.05, 3.63) is 35.0 Å². The first-order valence-corrected chi connectivity index (χ1v) is 11.0. The van der Waals surface area contributed by atoms with E-state index in [0.717, 1.165) is 48.0 Å². The fourth-order valence-corrected chi connectivity index (χ4v) is 4.43. The van der Waals surface area contributed by atoms with Crippen molar-refractivity contribution in [1.29, 1.82) is 0 Å². The zero-order valence-electron chi connectivity index (χ0n) is 16.8. The molecule has 1 aliphatic carbocycles. The van der Waals surface area contributed by atoms with Gasteiger partial charge in [-0.1, -0.05) is 30.9 Å². The van der Waals surface area contributed by atoms with Gasteiger partial charge in [0.05, 0.1) is 11.9 Å². The summed E-state index contributed by atoms with van der Waals surface area (Å²) in [6, 6.07) is 5.53. The molecule has 0 spiro atoms. The van der Waals surface area contributed by atoms with Crippen LogP contribution in [0.3, 0.4) is 0 Å². The van der Waals surface area contributed by atoms with E-state index in [1.54, 1.807) is 16.9 Å². The summed E-state index contributed by atoms with van der Waals surface area (Å²) >= 11 is 6.16. The second kappa shape index (κ2) is 9.63. The molecule has 29 heavy (non-hydrogen) atoms. The molecule has 1 aromatic carbocycles. The highest BCUT2D eigenvalue weighted by Gasteiger charge is 2.23. The summed E-state index contributed by atoms with van der Waals surface area (Å²) in [5.74, 6) is 1.58. The third-order valence-electron chi connectivity index (χ3n) is 5.80. The van der Waals surface area contributed by atoms with Gasteiger partial charge in [0.15, 0.2) is 0 Å². The molecule has 4 rings (SSSR count). The van der Waals surface area contributed by atoms with E-state index < -0.39 is 0 Å². The Morgan fingerprint density at radius 3 is 2.97 bits per heavy atom. The number of carbonyl (C=O) groups is 1. The number of nitrogens with zero attached hydrogens (tertiary/aromatic N) is 2. The molecule has 1 fully saturated rings. The Morgan fingerprint density at radius 1 is 1.24 bits per heavy atom. The molecular formula is C22H29ClN4O2. The quantitative estimate of drug-likeness (QED) is 0.643. The number of benzene rings is 1. The van der Waals surface area contributed by atoms with E-state index in [2.05, 4.69) is 15.7 Å². The first-order valence-electron chi connectivity index (χ1n) is 10.7. The number of aromatic nitrogens is 2. The highest BCUT2D eigenvalue weighted by Crippen LogP contribution is 2.38. The molecule has 6 nitrogen and oxygen atoms in total. The molecule has 1 amide bonds. The van der Waals surface area contributed by atoms with E-state index in [1.165, 1.54) is 32.1 Å². The number of fused-ring (bicyclic) bond motifs is 3. The molecule has 156 valence electrons. The minimum absolute atomic E-state index is 0.0294. The number of halogens is 1. The molecular weight excluding hydrogens is 388 g/mol. The lowest BCUT2D eigenvalue weighted by Gasteiger charge is -2.21. The number of hydrogen-bond donors (Lipinski definition) is 2. The lowest BCUT2D eigenvalue weighted by atomic mass is 9.89. The average Bonchev–Trinajstić information content (AvgIpc) is 3.14. The van der Waals surface area contributed by atoms with Crippen molar-refractivity contribution in [2.75, 3.05) is 19.6 Å². The summed E-state index contributed by atoms with van der Waals surface area (Å²) < 4.78 is 7.49. The van der Waals surface area contributed by atoms with Crippen LogP contribution in [0.1, 0.15) is 44.1 Å². The monoisotopic (exact) mass is 416 g/mol. The minimum atomic E-state index is -0.0294. The molecule has 0 atom stereocenters. The molecule has 2 N–H and O–H groups in total. The molecule has 7 heteroatoms. The Hall–Kier alpha value is -2.05. The standard InChI is InChI=1S/C22H29ClN4O2/c23-18-7-8-20-19(11-18)22-17(15-29-20)13-26-27(22)14-21(28)25-10-4-9-24-12-16-5-2-1-3-6-16/h7-8,11,13,16,24H,1-6,9-10,12,14-15H2,(H,25,28). The van der Waals surface area contributed by atoms with Gasteiger partial charge in [0.2, 0.25) is 5.91 Å². The van der Waals surface area contributed by atoms with Crippen molar-refractivity contribution < 1.29 is 9.53 Å². The van der Waals surface area contributed by atoms with Crippen LogP contribution in [0.15, 0.2) is 24.4 Å². The third-order valence-corrected chi connectivity index (χ3v) is 6.03. The minimum Gasteiger partial charge on any atom is -0.488 e. The number of hydrogen-bond acceptors (Lipinski definition) is 4. The summed E-state index contributed by atoms with van der Waals surface area (Å²) in [7, 11) is 0. The number of nitrogens with one attached hydrogen (secondary N) is 2. The Bertz CT molecular complexity index is 845. The van der Waals surface area contributed by atoms with Gasteiger partial charge in [-0.05, 0) is 56.5 Å². The molecule has 2 aliphatic rings. The van der Waals surface area contributed by atoms with Crippen LogP contribution in [0.5, 0.6) is 5.75 Å². The molecule has 0 unspecified atom stereocenters. The zero-order valence-corrected chi connectivity index (χ0v) is 17.5. The molecule has 0 radical (unpaired) electrons. The molecule has 2 aromatic rings. The first-order chi connectivity index (χ1) is 14.2. The Labute approximate surface area is 177 Å². The maximum atomic E-state index is 12.4. The van der Waals surface area contributed by atoms with Gasteiger partial charge in [0.25, 0.3) is 0 Å². The summed E-state index contributed by atoms with van der Waals surface area (Å²) in [5.41, 5.74) is 2.77. The second-order valence-corrected chi connectivity index (χ2v) is 8.45. The van der Waals surface area contributed by atoms with Crippen LogP contribution in [0.2, 0.25) is 5.02 Å². The molecule has 1 saturated carbocycles. The smallest absolute Gasteiger partial charge is 0.241 e. The van der Waals surface area contributed by atoms with Crippen molar-refractivity contribution in [2.24, 2.45) is 5.92 Å². The molecule has 1 aliphatic heterocycles. The SMILES string of the molecule is O=C(Cn1ncc2c1-c1cc(Cl)ccc1OC2)NCCCNCC1CCCCC1. The normalized spacial score (nSPS) is 16.0. The maximum absolute atomic E-state index is 12.4.